The maximum Gasteiger partial charge on any atom is 0.348 e. The zero-order valence-corrected chi connectivity index (χ0v) is 20.6. The van der Waals surface area contributed by atoms with Crippen molar-refractivity contribution < 1.29 is 23.8 Å². The molecule has 0 spiro atoms. The molecule has 1 heterocycles. The molecule has 1 aliphatic carbocycles. The van der Waals surface area contributed by atoms with E-state index in [0.29, 0.717) is 47.2 Å². The number of ether oxygens (including phenoxy) is 3. The molecule has 0 aromatic heterocycles. The van der Waals surface area contributed by atoms with Crippen LogP contribution in [-0.4, -0.2) is 17.9 Å². The predicted molar refractivity (Wildman–Crippen MR) is 134 cm³/mol. The van der Waals surface area contributed by atoms with Gasteiger partial charge in [0.1, 0.15) is 12.4 Å². The summed E-state index contributed by atoms with van der Waals surface area (Å²) < 4.78 is 18.5. The lowest BCUT2D eigenvalue weighted by Gasteiger charge is -2.45. The Balaban J connectivity index is 1.67. The van der Waals surface area contributed by atoms with Gasteiger partial charge in [-0.25, -0.2) is 4.79 Å². The van der Waals surface area contributed by atoms with E-state index in [-0.39, 0.29) is 5.78 Å². The molecular weight excluding hydrogens is 440 g/mol. The molecule has 0 radical (unpaired) electrons. The van der Waals surface area contributed by atoms with E-state index < -0.39 is 17.7 Å². The van der Waals surface area contributed by atoms with Gasteiger partial charge in [0.15, 0.2) is 23.2 Å². The molecule has 0 bridgehead atoms. The van der Waals surface area contributed by atoms with Crippen LogP contribution in [-0.2, 0) is 26.5 Å². The van der Waals surface area contributed by atoms with Gasteiger partial charge in [0, 0.05) is 22.1 Å². The molecule has 0 unspecified atom stereocenters. The van der Waals surface area contributed by atoms with Crippen molar-refractivity contribution in [1.29, 1.82) is 0 Å². The van der Waals surface area contributed by atoms with Crippen LogP contribution in [0.3, 0.4) is 0 Å². The van der Waals surface area contributed by atoms with Gasteiger partial charge in [0.25, 0.3) is 0 Å². The highest BCUT2D eigenvalue weighted by Crippen LogP contribution is 2.50. The number of hydrogen-bond acceptors (Lipinski definition) is 5. The molecule has 1 fully saturated rings. The fourth-order valence-electron chi connectivity index (χ4n) is 4.97. The van der Waals surface area contributed by atoms with Crippen molar-refractivity contribution in [2.45, 2.75) is 58.8 Å². The maximum absolute atomic E-state index is 13.5. The number of fused-ring (bicyclic) bond motifs is 4. The summed E-state index contributed by atoms with van der Waals surface area (Å²) in [6.45, 7) is 8.11. The highest BCUT2D eigenvalue weighted by atomic mass is 16.6. The third kappa shape index (κ3) is 3.99. The summed E-state index contributed by atoms with van der Waals surface area (Å²) in [5.74, 6) is 1.04. The first kappa shape index (κ1) is 23.2. The van der Waals surface area contributed by atoms with Gasteiger partial charge in [-0.05, 0) is 61.8 Å². The second-order valence-corrected chi connectivity index (χ2v) is 9.87. The molecule has 5 nitrogen and oxygen atoms in total. The second kappa shape index (κ2) is 8.88. The van der Waals surface area contributed by atoms with Crippen LogP contribution in [0, 0.1) is 5.92 Å². The lowest BCUT2D eigenvalue weighted by atomic mass is 9.74. The van der Waals surface area contributed by atoms with Crippen LogP contribution in [0.25, 0.3) is 10.8 Å². The standard InChI is InChI=1S/C30H30O5/c1-18(2)13-14-30-25-16-23-22(11-8-12-26(23)33-17-21-9-6-5-7-10-21)15-24(25)27(31)19(3)28(30)34-20(4)29(32)35-30/h5-12,15-16,18,20H,13-14,17H2,1-4H3/t20-,30+/m0/s1. The minimum Gasteiger partial charge on any atom is -0.488 e. The number of allylic oxidation sites excluding steroid dienone is 1. The fraction of sp³-hybridized carbons (Fsp3) is 0.333. The quantitative estimate of drug-likeness (QED) is 0.386. The molecule has 3 aromatic carbocycles. The zero-order valence-electron chi connectivity index (χ0n) is 20.6. The molecule has 3 aromatic rings. The molecule has 2 aliphatic rings. The number of benzene rings is 3. The van der Waals surface area contributed by atoms with Crippen molar-refractivity contribution in [2.24, 2.45) is 5.92 Å². The number of ketones is 1. The van der Waals surface area contributed by atoms with Crippen LogP contribution >= 0.6 is 0 Å². The van der Waals surface area contributed by atoms with Crippen molar-refractivity contribution in [3.8, 4) is 5.75 Å². The van der Waals surface area contributed by atoms with Gasteiger partial charge in [-0.15, -0.1) is 0 Å². The third-order valence-electron chi connectivity index (χ3n) is 6.92. The van der Waals surface area contributed by atoms with Gasteiger partial charge in [-0.1, -0.05) is 56.3 Å². The van der Waals surface area contributed by atoms with Gasteiger partial charge >= 0.3 is 5.97 Å². The maximum atomic E-state index is 13.5. The average Bonchev–Trinajstić information content (AvgIpc) is 2.86. The molecule has 1 saturated heterocycles. The first-order valence-corrected chi connectivity index (χ1v) is 12.2. The van der Waals surface area contributed by atoms with Crippen molar-refractivity contribution >= 4 is 22.5 Å². The van der Waals surface area contributed by atoms with Crippen molar-refractivity contribution in [1.82, 2.24) is 0 Å². The Morgan fingerprint density at radius 3 is 2.54 bits per heavy atom. The van der Waals surface area contributed by atoms with Gasteiger partial charge < -0.3 is 14.2 Å². The Hall–Kier alpha value is -3.60. The van der Waals surface area contributed by atoms with E-state index in [9.17, 15) is 9.59 Å². The van der Waals surface area contributed by atoms with E-state index in [1.807, 2.05) is 60.7 Å². The van der Waals surface area contributed by atoms with Gasteiger partial charge in [0.2, 0.25) is 0 Å². The lowest BCUT2D eigenvalue weighted by Crippen LogP contribution is -2.49. The zero-order chi connectivity index (χ0) is 24.7. The van der Waals surface area contributed by atoms with Crippen LogP contribution in [0.2, 0.25) is 0 Å². The van der Waals surface area contributed by atoms with Crippen LogP contribution in [0.4, 0.5) is 0 Å². The Labute approximate surface area is 205 Å². The van der Waals surface area contributed by atoms with Gasteiger partial charge in [-0.2, -0.15) is 0 Å². The topological polar surface area (TPSA) is 61.8 Å². The van der Waals surface area contributed by atoms with E-state index in [1.165, 1.54) is 0 Å². The van der Waals surface area contributed by atoms with Crippen LogP contribution in [0.5, 0.6) is 5.75 Å². The number of carbonyl (C=O) groups excluding carboxylic acids is 2. The number of Topliss-reactive ketones (excluding diaryl/α,β-unsaturated/α-hetero) is 1. The molecule has 0 amide bonds. The molecule has 1 aliphatic heterocycles. The Morgan fingerprint density at radius 1 is 1.03 bits per heavy atom. The summed E-state index contributed by atoms with van der Waals surface area (Å²) in [5, 5.41) is 1.77. The number of carbonyl (C=O) groups is 2. The van der Waals surface area contributed by atoms with Gasteiger partial charge in [-0.3, -0.25) is 4.79 Å². The molecule has 35 heavy (non-hydrogen) atoms. The van der Waals surface area contributed by atoms with E-state index >= 15 is 0 Å². The van der Waals surface area contributed by atoms with Crippen molar-refractivity contribution in [2.75, 3.05) is 0 Å². The lowest BCUT2D eigenvalue weighted by molar-refractivity contribution is -0.191. The Morgan fingerprint density at radius 2 is 1.80 bits per heavy atom. The molecule has 2 atom stereocenters. The van der Waals surface area contributed by atoms with Crippen LogP contribution in [0.15, 0.2) is 72.0 Å². The second-order valence-electron chi connectivity index (χ2n) is 9.87. The monoisotopic (exact) mass is 470 g/mol. The summed E-state index contributed by atoms with van der Waals surface area (Å²) >= 11 is 0. The highest BCUT2D eigenvalue weighted by molar-refractivity contribution is 6.14. The number of hydrogen-bond donors (Lipinski definition) is 0. The molecule has 5 heteroatoms. The summed E-state index contributed by atoms with van der Waals surface area (Å²) in [4.78, 5) is 26.3. The molecule has 0 saturated carbocycles. The van der Waals surface area contributed by atoms with Crippen molar-refractivity contribution in [3.63, 3.8) is 0 Å². The molecule has 0 N–H and O–H groups in total. The summed E-state index contributed by atoms with van der Waals surface area (Å²) in [6.07, 6.45) is 0.584. The SMILES string of the molecule is CC1=C2O[C@@H](C)C(=O)O[C@]2(CCC(C)C)c2cc3c(OCc4ccccc4)cccc3cc2C1=O. The molecule has 5 rings (SSSR count). The smallest absolute Gasteiger partial charge is 0.348 e. The number of rotatable bonds is 6. The van der Waals surface area contributed by atoms with E-state index in [4.69, 9.17) is 14.2 Å². The Kier molecular flexibility index (Phi) is 5.87. The van der Waals surface area contributed by atoms with E-state index in [0.717, 1.165) is 22.8 Å². The largest absolute Gasteiger partial charge is 0.488 e. The third-order valence-corrected chi connectivity index (χ3v) is 6.92. The first-order valence-electron chi connectivity index (χ1n) is 12.2. The Bertz CT molecular complexity index is 1340. The average molecular weight is 471 g/mol. The molecule has 180 valence electrons. The summed E-state index contributed by atoms with van der Waals surface area (Å²) in [7, 11) is 0. The summed E-state index contributed by atoms with van der Waals surface area (Å²) in [5.41, 5.74) is 1.66. The minimum atomic E-state index is -1.12. The van der Waals surface area contributed by atoms with Crippen LogP contribution < -0.4 is 4.74 Å². The van der Waals surface area contributed by atoms with Crippen molar-refractivity contribution in [3.05, 3.63) is 88.7 Å². The molecular formula is C30H30O5. The summed E-state index contributed by atoms with van der Waals surface area (Å²) in [6, 6.07) is 19.7. The first-order chi connectivity index (χ1) is 16.8. The highest BCUT2D eigenvalue weighted by Gasteiger charge is 2.53. The fourth-order valence-corrected chi connectivity index (χ4v) is 4.97. The van der Waals surface area contributed by atoms with E-state index in [2.05, 4.69) is 13.8 Å². The normalized spacial score (nSPS) is 21.5. The van der Waals surface area contributed by atoms with Crippen LogP contribution in [0.1, 0.15) is 62.0 Å². The van der Waals surface area contributed by atoms with E-state index in [1.54, 1.807) is 13.8 Å². The number of esters is 1. The minimum absolute atomic E-state index is 0.0992. The predicted octanol–water partition coefficient (Wildman–Crippen LogP) is 6.48. The van der Waals surface area contributed by atoms with Gasteiger partial charge in [0.05, 0.1) is 0 Å².